The van der Waals surface area contributed by atoms with Crippen molar-refractivity contribution >= 4 is 16.9 Å². The van der Waals surface area contributed by atoms with Crippen molar-refractivity contribution in [1.29, 1.82) is 0 Å². The first-order chi connectivity index (χ1) is 8.28. The van der Waals surface area contributed by atoms with Gasteiger partial charge in [-0.3, -0.25) is 4.99 Å². The van der Waals surface area contributed by atoms with E-state index in [1.807, 2.05) is 11.8 Å². The van der Waals surface area contributed by atoms with Crippen LogP contribution in [0, 0.1) is 0 Å². The first-order valence-corrected chi connectivity index (χ1v) is 7.50. The first kappa shape index (κ1) is 13.2. The summed E-state index contributed by atoms with van der Waals surface area (Å²) in [5, 5.41) is 4.61. The molecule has 4 nitrogen and oxygen atoms in total. The average Bonchev–Trinajstić information content (AvgIpc) is 2.37. The van der Waals surface area contributed by atoms with Crippen LogP contribution in [0.5, 0.6) is 0 Å². The number of likely N-dealkylation sites (N-methyl/N-ethyl adjacent to an activating group) is 1. The van der Waals surface area contributed by atoms with E-state index in [9.17, 15) is 0 Å². The van der Waals surface area contributed by atoms with Gasteiger partial charge in [0.1, 0.15) is 0 Å². The van der Waals surface area contributed by atoms with Crippen molar-refractivity contribution in [2.45, 2.75) is 31.9 Å². The van der Waals surface area contributed by atoms with Crippen LogP contribution >= 0.6 is 11.8 Å². The van der Waals surface area contributed by atoms with Gasteiger partial charge in [-0.05, 0) is 19.9 Å². The van der Waals surface area contributed by atoms with Crippen LogP contribution in [0.15, 0.2) is 4.99 Å². The fraction of sp³-hybridized carbons (Fsp3) is 0.917. The molecule has 2 saturated heterocycles. The molecule has 2 rings (SSSR count). The van der Waals surface area contributed by atoms with Crippen molar-refractivity contribution in [2.24, 2.45) is 4.99 Å². The minimum atomic E-state index is 0.269. The van der Waals surface area contributed by atoms with Gasteiger partial charge in [-0.2, -0.15) is 0 Å². The standard InChI is InChI=1S/C12H23N3OS/c1-3-10-4-7-17-12(14-10)13-8-11-9-15(2)5-6-16-11/h10-11H,3-9H2,1-2H3,(H,13,14). The number of morpholine rings is 1. The summed E-state index contributed by atoms with van der Waals surface area (Å²) in [5.74, 6) is 1.19. The van der Waals surface area contributed by atoms with Gasteiger partial charge in [-0.15, -0.1) is 0 Å². The van der Waals surface area contributed by atoms with Crippen LogP contribution in [0.25, 0.3) is 0 Å². The van der Waals surface area contributed by atoms with Crippen molar-refractivity contribution in [3.8, 4) is 0 Å². The average molecular weight is 257 g/mol. The zero-order valence-electron chi connectivity index (χ0n) is 10.8. The predicted molar refractivity (Wildman–Crippen MR) is 73.8 cm³/mol. The Hall–Kier alpha value is -0.260. The Bertz CT molecular complexity index is 272. The highest BCUT2D eigenvalue weighted by Gasteiger charge is 2.19. The molecular weight excluding hydrogens is 234 g/mol. The van der Waals surface area contributed by atoms with Crippen LogP contribution in [-0.4, -0.2) is 61.3 Å². The third-order valence-electron chi connectivity index (χ3n) is 3.31. The lowest BCUT2D eigenvalue weighted by molar-refractivity contribution is -0.0135. The summed E-state index contributed by atoms with van der Waals surface area (Å²) in [4.78, 5) is 6.97. The second-order valence-electron chi connectivity index (χ2n) is 4.79. The molecule has 0 radical (unpaired) electrons. The molecule has 98 valence electrons. The zero-order chi connectivity index (χ0) is 12.1. The third-order valence-corrected chi connectivity index (χ3v) is 4.27. The third kappa shape index (κ3) is 4.16. The summed E-state index contributed by atoms with van der Waals surface area (Å²) in [7, 11) is 2.14. The second kappa shape index (κ2) is 6.61. The molecule has 0 spiro atoms. The maximum absolute atomic E-state index is 5.71. The quantitative estimate of drug-likeness (QED) is 0.824. The van der Waals surface area contributed by atoms with E-state index in [0.29, 0.717) is 6.04 Å². The number of thioether (sulfide) groups is 1. The van der Waals surface area contributed by atoms with E-state index < -0.39 is 0 Å². The molecule has 2 atom stereocenters. The van der Waals surface area contributed by atoms with Crippen LogP contribution in [0.2, 0.25) is 0 Å². The summed E-state index contributed by atoms with van der Waals surface area (Å²) in [6.07, 6.45) is 2.70. The van der Waals surface area contributed by atoms with Crippen molar-refractivity contribution in [1.82, 2.24) is 10.2 Å². The van der Waals surface area contributed by atoms with E-state index in [1.165, 1.54) is 18.6 Å². The SMILES string of the molecule is CCC1CCSC(=NCC2CN(C)CCO2)N1. The number of nitrogens with one attached hydrogen (secondary N) is 1. The van der Waals surface area contributed by atoms with Crippen LogP contribution in [0.3, 0.4) is 0 Å². The Labute approximate surface area is 108 Å². The second-order valence-corrected chi connectivity index (χ2v) is 5.87. The Morgan fingerprint density at radius 2 is 2.47 bits per heavy atom. The van der Waals surface area contributed by atoms with Gasteiger partial charge in [0.15, 0.2) is 5.17 Å². The molecule has 17 heavy (non-hydrogen) atoms. The van der Waals surface area contributed by atoms with Gasteiger partial charge in [0.05, 0.1) is 19.3 Å². The van der Waals surface area contributed by atoms with Crippen molar-refractivity contribution in [3.63, 3.8) is 0 Å². The molecular formula is C12H23N3OS. The Balaban J connectivity index is 1.78. The molecule has 2 aliphatic rings. The molecule has 0 bridgehead atoms. The van der Waals surface area contributed by atoms with Crippen LogP contribution < -0.4 is 5.32 Å². The van der Waals surface area contributed by atoms with Gasteiger partial charge in [0.2, 0.25) is 0 Å². The lowest BCUT2D eigenvalue weighted by Gasteiger charge is -2.29. The van der Waals surface area contributed by atoms with E-state index in [-0.39, 0.29) is 6.10 Å². The molecule has 2 fully saturated rings. The lowest BCUT2D eigenvalue weighted by atomic mass is 10.2. The van der Waals surface area contributed by atoms with Gasteiger partial charge in [0, 0.05) is 24.9 Å². The van der Waals surface area contributed by atoms with Gasteiger partial charge in [0.25, 0.3) is 0 Å². The number of amidine groups is 1. The number of rotatable bonds is 3. The van der Waals surface area contributed by atoms with E-state index in [1.54, 1.807) is 0 Å². The van der Waals surface area contributed by atoms with Crippen molar-refractivity contribution in [3.05, 3.63) is 0 Å². The Morgan fingerprint density at radius 3 is 3.24 bits per heavy atom. The molecule has 0 aromatic heterocycles. The molecule has 5 heteroatoms. The number of nitrogens with zero attached hydrogens (tertiary/aromatic N) is 2. The summed E-state index contributed by atoms with van der Waals surface area (Å²) >= 11 is 1.84. The monoisotopic (exact) mass is 257 g/mol. The van der Waals surface area contributed by atoms with Crippen LogP contribution in [0.4, 0.5) is 0 Å². The van der Waals surface area contributed by atoms with Crippen molar-refractivity contribution in [2.75, 3.05) is 39.0 Å². The maximum atomic E-state index is 5.71. The van der Waals surface area contributed by atoms with E-state index in [4.69, 9.17) is 4.74 Å². The van der Waals surface area contributed by atoms with Crippen LogP contribution in [-0.2, 0) is 4.74 Å². The highest BCUT2D eigenvalue weighted by Crippen LogP contribution is 2.16. The number of hydrogen-bond acceptors (Lipinski definition) is 4. The van der Waals surface area contributed by atoms with Gasteiger partial charge in [-0.1, -0.05) is 18.7 Å². The zero-order valence-corrected chi connectivity index (χ0v) is 11.6. The predicted octanol–water partition coefficient (Wildman–Crippen LogP) is 1.18. The number of hydrogen-bond donors (Lipinski definition) is 1. The maximum Gasteiger partial charge on any atom is 0.156 e. The lowest BCUT2D eigenvalue weighted by Crippen LogP contribution is -2.42. The summed E-state index contributed by atoms with van der Waals surface area (Å²) in [5.41, 5.74) is 0. The molecule has 0 aromatic carbocycles. The largest absolute Gasteiger partial charge is 0.374 e. The Kier molecular flexibility index (Phi) is 5.13. The van der Waals surface area contributed by atoms with Crippen molar-refractivity contribution < 1.29 is 4.74 Å². The first-order valence-electron chi connectivity index (χ1n) is 6.52. The molecule has 0 amide bonds. The van der Waals surface area contributed by atoms with Crippen LogP contribution in [0.1, 0.15) is 19.8 Å². The summed E-state index contributed by atoms with van der Waals surface area (Å²) in [6.45, 7) is 5.89. The van der Waals surface area contributed by atoms with Gasteiger partial charge >= 0.3 is 0 Å². The smallest absolute Gasteiger partial charge is 0.156 e. The summed E-state index contributed by atoms with van der Waals surface area (Å²) in [6, 6.07) is 0.616. The molecule has 0 aromatic rings. The molecule has 0 saturated carbocycles. The van der Waals surface area contributed by atoms with E-state index >= 15 is 0 Å². The van der Waals surface area contributed by atoms with Gasteiger partial charge in [-0.25, -0.2) is 0 Å². The molecule has 1 N–H and O–H groups in total. The van der Waals surface area contributed by atoms with E-state index in [0.717, 1.165) is 31.4 Å². The molecule has 0 aliphatic carbocycles. The highest BCUT2D eigenvalue weighted by atomic mass is 32.2. The molecule has 2 aliphatic heterocycles. The fourth-order valence-corrected chi connectivity index (χ4v) is 3.16. The normalized spacial score (nSPS) is 33.6. The Morgan fingerprint density at radius 1 is 1.59 bits per heavy atom. The molecule has 2 unspecified atom stereocenters. The van der Waals surface area contributed by atoms with Gasteiger partial charge < -0.3 is 15.0 Å². The minimum Gasteiger partial charge on any atom is -0.374 e. The minimum absolute atomic E-state index is 0.269. The number of ether oxygens (including phenoxy) is 1. The highest BCUT2D eigenvalue weighted by molar-refractivity contribution is 8.13. The number of aliphatic imine (C=N–C) groups is 1. The molecule has 2 heterocycles. The summed E-state index contributed by atoms with van der Waals surface area (Å²) < 4.78 is 5.71. The topological polar surface area (TPSA) is 36.9 Å². The van der Waals surface area contributed by atoms with E-state index in [2.05, 4.69) is 29.2 Å². The fourth-order valence-electron chi connectivity index (χ4n) is 2.15.